The van der Waals surface area contributed by atoms with E-state index in [0.29, 0.717) is 11.4 Å². The molecule has 3 rings (SSSR count). The van der Waals surface area contributed by atoms with Gasteiger partial charge < -0.3 is 16.0 Å². The minimum absolute atomic E-state index is 0.00139. The maximum Gasteiger partial charge on any atom is 0.295 e. The average Bonchev–Trinajstić information content (AvgIpc) is 2.91. The van der Waals surface area contributed by atoms with Gasteiger partial charge in [0.25, 0.3) is 5.56 Å². The molecule has 2 amide bonds. The zero-order valence-electron chi connectivity index (χ0n) is 16.5. The van der Waals surface area contributed by atoms with Crippen molar-refractivity contribution in [1.82, 2.24) is 9.36 Å². The summed E-state index contributed by atoms with van der Waals surface area (Å²) in [6.45, 7) is 3.22. The molecular weight excluding hydrogens is 370 g/mol. The zero-order chi connectivity index (χ0) is 21.0. The number of hydrogen-bond acceptors (Lipinski definition) is 4. The van der Waals surface area contributed by atoms with Crippen LogP contribution in [0.4, 0.5) is 17.1 Å². The number of amides is 2. The minimum Gasteiger partial charge on any atom is -0.376 e. The number of nitrogens with one attached hydrogen (secondary N) is 3. The minimum atomic E-state index is -0.332. The number of carbonyl (C=O) groups excluding carboxylic acids is 2. The van der Waals surface area contributed by atoms with Crippen molar-refractivity contribution in [2.24, 2.45) is 7.05 Å². The van der Waals surface area contributed by atoms with Gasteiger partial charge >= 0.3 is 0 Å². The molecule has 0 aliphatic rings. The third-order valence-corrected chi connectivity index (χ3v) is 4.48. The summed E-state index contributed by atoms with van der Waals surface area (Å²) in [5.41, 5.74) is 2.75. The van der Waals surface area contributed by atoms with Crippen LogP contribution >= 0.6 is 0 Å². The summed E-state index contributed by atoms with van der Waals surface area (Å²) in [6, 6.07) is 16.2. The van der Waals surface area contributed by atoms with Crippen molar-refractivity contribution in [2.45, 2.75) is 13.8 Å². The van der Waals surface area contributed by atoms with Gasteiger partial charge in [0.05, 0.1) is 17.9 Å². The molecule has 0 spiro atoms. The standard InChI is InChI=1S/C21H23N5O3/c1-14-20(21(29)26(25(14)3)18-7-5-4-6-8-18)24-19(28)13-22-16-9-11-17(12-10-16)23-15(2)27/h4-12,22H,13H2,1-3H3,(H,23,27)(H,24,28). The second-order valence-corrected chi connectivity index (χ2v) is 6.60. The van der Waals surface area contributed by atoms with Crippen LogP contribution in [0.3, 0.4) is 0 Å². The molecule has 0 saturated heterocycles. The van der Waals surface area contributed by atoms with Crippen molar-refractivity contribution < 1.29 is 9.59 Å². The Bertz CT molecular complexity index is 1080. The first-order chi connectivity index (χ1) is 13.9. The van der Waals surface area contributed by atoms with E-state index in [1.165, 1.54) is 11.6 Å². The summed E-state index contributed by atoms with van der Waals surface area (Å²) in [6.07, 6.45) is 0. The predicted molar refractivity (Wildman–Crippen MR) is 114 cm³/mol. The van der Waals surface area contributed by atoms with Crippen molar-refractivity contribution >= 4 is 28.9 Å². The Labute approximate surface area is 168 Å². The normalized spacial score (nSPS) is 10.4. The summed E-state index contributed by atoms with van der Waals surface area (Å²) in [5, 5.41) is 8.38. The van der Waals surface area contributed by atoms with Crippen molar-refractivity contribution in [2.75, 3.05) is 22.5 Å². The molecule has 3 N–H and O–H groups in total. The van der Waals surface area contributed by atoms with Crippen LogP contribution < -0.4 is 21.5 Å². The average molecular weight is 393 g/mol. The molecule has 2 aromatic carbocycles. The Morgan fingerprint density at radius 1 is 0.931 bits per heavy atom. The van der Waals surface area contributed by atoms with Crippen LogP contribution in [-0.4, -0.2) is 27.7 Å². The molecule has 150 valence electrons. The van der Waals surface area contributed by atoms with Gasteiger partial charge in [0.1, 0.15) is 5.69 Å². The first-order valence-electron chi connectivity index (χ1n) is 9.12. The van der Waals surface area contributed by atoms with Gasteiger partial charge in [0.15, 0.2) is 0 Å². The Hall–Kier alpha value is -3.81. The lowest BCUT2D eigenvalue weighted by molar-refractivity contribution is -0.115. The van der Waals surface area contributed by atoms with Crippen LogP contribution in [0.15, 0.2) is 59.4 Å². The van der Waals surface area contributed by atoms with Crippen molar-refractivity contribution in [3.8, 4) is 5.69 Å². The van der Waals surface area contributed by atoms with Crippen LogP contribution in [-0.2, 0) is 16.6 Å². The molecule has 3 aromatic rings. The highest BCUT2D eigenvalue weighted by Gasteiger charge is 2.17. The van der Waals surface area contributed by atoms with E-state index < -0.39 is 0 Å². The lowest BCUT2D eigenvalue weighted by atomic mass is 10.2. The van der Waals surface area contributed by atoms with Gasteiger partial charge in [-0.1, -0.05) is 18.2 Å². The van der Waals surface area contributed by atoms with Gasteiger partial charge in [-0.2, -0.15) is 0 Å². The van der Waals surface area contributed by atoms with Gasteiger partial charge in [0.2, 0.25) is 11.8 Å². The lowest BCUT2D eigenvalue weighted by Gasteiger charge is -2.08. The van der Waals surface area contributed by atoms with E-state index in [0.717, 1.165) is 11.4 Å². The zero-order valence-corrected chi connectivity index (χ0v) is 16.5. The van der Waals surface area contributed by atoms with E-state index in [1.807, 2.05) is 30.3 Å². The van der Waals surface area contributed by atoms with E-state index in [9.17, 15) is 14.4 Å². The topological polar surface area (TPSA) is 97.2 Å². The predicted octanol–water partition coefficient (Wildman–Crippen LogP) is 2.49. The number of rotatable bonds is 6. The number of anilines is 3. The monoisotopic (exact) mass is 393 g/mol. The van der Waals surface area contributed by atoms with Gasteiger partial charge in [0, 0.05) is 25.3 Å². The molecule has 0 fully saturated rings. The summed E-state index contributed by atoms with van der Waals surface area (Å²) < 4.78 is 3.22. The number of benzene rings is 2. The van der Waals surface area contributed by atoms with Crippen molar-refractivity contribution in [3.05, 3.63) is 70.6 Å². The molecule has 0 radical (unpaired) electrons. The molecule has 0 unspecified atom stereocenters. The molecule has 0 bridgehead atoms. The fourth-order valence-electron chi connectivity index (χ4n) is 2.95. The molecular formula is C21H23N5O3. The first kappa shape index (κ1) is 19.9. The second kappa shape index (κ2) is 8.47. The second-order valence-electron chi connectivity index (χ2n) is 6.60. The Morgan fingerprint density at radius 2 is 1.55 bits per heavy atom. The van der Waals surface area contributed by atoms with Gasteiger partial charge in [-0.05, 0) is 43.3 Å². The van der Waals surface area contributed by atoms with Gasteiger partial charge in [-0.3, -0.25) is 19.1 Å². The molecule has 0 atom stereocenters. The summed E-state index contributed by atoms with van der Waals surface area (Å²) >= 11 is 0. The Balaban J connectivity index is 1.68. The SMILES string of the molecule is CC(=O)Nc1ccc(NCC(=O)Nc2c(C)n(C)n(-c3ccccc3)c2=O)cc1. The molecule has 0 aliphatic heterocycles. The molecule has 29 heavy (non-hydrogen) atoms. The first-order valence-corrected chi connectivity index (χ1v) is 9.12. The van der Waals surface area contributed by atoms with E-state index >= 15 is 0 Å². The largest absolute Gasteiger partial charge is 0.376 e. The smallest absolute Gasteiger partial charge is 0.295 e. The highest BCUT2D eigenvalue weighted by molar-refractivity contribution is 5.94. The third-order valence-electron chi connectivity index (χ3n) is 4.48. The van der Waals surface area contributed by atoms with Crippen LogP contribution in [0.1, 0.15) is 12.6 Å². The number of carbonyl (C=O) groups is 2. The summed E-state index contributed by atoms with van der Waals surface area (Å²) in [4.78, 5) is 36.2. The number of nitrogens with zero attached hydrogens (tertiary/aromatic N) is 2. The van der Waals surface area contributed by atoms with Crippen LogP contribution in [0.25, 0.3) is 5.69 Å². The number of para-hydroxylation sites is 1. The number of hydrogen-bond donors (Lipinski definition) is 3. The molecule has 1 aromatic heterocycles. The Kier molecular flexibility index (Phi) is 5.82. The quantitative estimate of drug-likeness (QED) is 0.599. The summed E-state index contributed by atoms with van der Waals surface area (Å²) in [5.74, 6) is -0.480. The Morgan fingerprint density at radius 3 is 2.17 bits per heavy atom. The van der Waals surface area contributed by atoms with E-state index in [-0.39, 0.29) is 29.6 Å². The highest BCUT2D eigenvalue weighted by Crippen LogP contribution is 2.15. The van der Waals surface area contributed by atoms with Crippen LogP contribution in [0.2, 0.25) is 0 Å². The van der Waals surface area contributed by atoms with Crippen molar-refractivity contribution in [1.29, 1.82) is 0 Å². The molecule has 8 nitrogen and oxygen atoms in total. The highest BCUT2D eigenvalue weighted by atomic mass is 16.2. The maximum absolute atomic E-state index is 12.8. The molecule has 1 heterocycles. The van der Waals surface area contributed by atoms with E-state index in [2.05, 4.69) is 16.0 Å². The lowest BCUT2D eigenvalue weighted by Crippen LogP contribution is -2.26. The fraction of sp³-hybridized carbons (Fsp3) is 0.190. The van der Waals surface area contributed by atoms with Gasteiger partial charge in [-0.25, -0.2) is 4.68 Å². The fourth-order valence-corrected chi connectivity index (χ4v) is 2.95. The van der Waals surface area contributed by atoms with E-state index in [4.69, 9.17) is 0 Å². The number of aromatic nitrogens is 2. The van der Waals surface area contributed by atoms with Gasteiger partial charge in [-0.15, -0.1) is 0 Å². The van der Waals surface area contributed by atoms with Crippen molar-refractivity contribution in [3.63, 3.8) is 0 Å². The third kappa shape index (κ3) is 4.55. The molecule has 0 saturated carbocycles. The molecule has 0 aliphatic carbocycles. The summed E-state index contributed by atoms with van der Waals surface area (Å²) in [7, 11) is 1.77. The maximum atomic E-state index is 12.8. The van der Waals surface area contributed by atoms with Crippen LogP contribution in [0.5, 0.6) is 0 Å². The molecule has 8 heteroatoms. The van der Waals surface area contributed by atoms with Crippen LogP contribution in [0, 0.1) is 6.92 Å². The van der Waals surface area contributed by atoms with E-state index in [1.54, 1.807) is 42.9 Å².